The van der Waals surface area contributed by atoms with Crippen LogP contribution in [0.2, 0.25) is 0 Å². The van der Waals surface area contributed by atoms with Crippen molar-refractivity contribution in [1.82, 2.24) is 5.16 Å². The molecule has 1 aromatic heterocycles. The number of ether oxygens (including phenoxy) is 1. The molecule has 0 atom stereocenters. The molecule has 7 heteroatoms. The van der Waals surface area contributed by atoms with Crippen molar-refractivity contribution in [2.24, 2.45) is 0 Å². The summed E-state index contributed by atoms with van der Waals surface area (Å²) in [5.41, 5.74) is 0.977. The molecule has 1 heterocycles. The molecule has 1 amide bonds. The molecule has 0 unspecified atom stereocenters. The maximum absolute atomic E-state index is 14.0. The lowest BCUT2D eigenvalue weighted by molar-refractivity contribution is -0.118. The highest BCUT2D eigenvalue weighted by atomic mass is 19.1. The van der Waals surface area contributed by atoms with Crippen LogP contribution < -0.4 is 5.32 Å². The largest absolute Gasteiger partial charge is 0.462 e. The zero-order valence-corrected chi connectivity index (χ0v) is 15.8. The van der Waals surface area contributed by atoms with Gasteiger partial charge in [-0.25, -0.2) is 9.18 Å². The number of carbonyl (C=O) groups excluding carboxylic acids is 2. The first-order chi connectivity index (χ1) is 14.0. The van der Waals surface area contributed by atoms with Gasteiger partial charge in [-0.05, 0) is 56.2 Å². The van der Waals surface area contributed by atoms with Gasteiger partial charge in [0.2, 0.25) is 5.91 Å². The Hall–Kier alpha value is -3.48. The Balaban J connectivity index is 1.49. The van der Waals surface area contributed by atoms with Crippen LogP contribution in [0.25, 0.3) is 11.3 Å². The van der Waals surface area contributed by atoms with Gasteiger partial charge < -0.3 is 14.6 Å². The van der Waals surface area contributed by atoms with E-state index in [4.69, 9.17) is 9.26 Å². The molecule has 3 aromatic rings. The zero-order chi connectivity index (χ0) is 20.4. The van der Waals surface area contributed by atoms with E-state index in [1.807, 2.05) is 0 Å². The van der Waals surface area contributed by atoms with Crippen LogP contribution in [0.5, 0.6) is 0 Å². The van der Waals surface area contributed by atoms with Gasteiger partial charge in [-0.3, -0.25) is 4.79 Å². The lowest BCUT2D eigenvalue weighted by Crippen LogP contribution is -2.28. The summed E-state index contributed by atoms with van der Waals surface area (Å²) in [5, 5.41) is 6.88. The zero-order valence-electron chi connectivity index (χ0n) is 15.8. The maximum Gasteiger partial charge on any atom is 0.338 e. The van der Waals surface area contributed by atoms with E-state index in [9.17, 15) is 14.0 Å². The normalized spacial score (nSPS) is 14.3. The predicted octanol–water partition coefficient (Wildman–Crippen LogP) is 4.33. The molecule has 4 rings (SSSR count). The van der Waals surface area contributed by atoms with Crippen LogP contribution in [0.4, 0.5) is 10.1 Å². The van der Waals surface area contributed by atoms with Crippen LogP contribution in [0.15, 0.2) is 59.1 Å². The molecule has 29 heavy (non-hydrogen) atoms. The molecule has 1 fully saturated rings. The number of nitrogens with zero attached hydrogens (tertiary/aromatic N) is 1. The van der Waals surface area contributed by atoms with Crippen molar-refractivity contribution >= 4 is 17.6 Å². The van der Waals surface area contributed by atoms with Gasteiger partial charge in [0.25, 0.3) is 0 Å². The number of aromatic nitrogens is 1. The van der Waals surface area contributed by atoms with Gasteiger partial charge in [-0.15, -0.1) is 0 Å². The molecule has 0 bridgehead atoms. The first kappa shape index (κ1) is 18.9. The molecule has 1 aliphatic rings. The molecule has 1 aliphatic carbocycles. The van der Waals surface area contributed by atoms with Crippen LogP contribution in [0.3, 0.4) is 0 Å². The molecule has 1 saturated carbocycles. The minimum atomic E-state index is -0.785. The Kier molecular flexibility index (Phi) is 4.88. The van der Waals surface area contributed by atoms with Crippen molar-refractivity contribution in [2.45, 2.75) is 25.2 Å². The Bertz CT molecular complexity index is 1050. The summed E-state index contributed by atoms with van der Waals surface area (Å²) in [4.78, 5) is 24.6. The number of hydrogen-bond donors (Lipinski definition) is 1. The summed E-state index contributed by atoms with van der Waals surface area (Å²) in [7, 11) is 0. The fourth-order valence-corrected chi connectivity index (χ4v) is 3.17. The number of hydrogen-bond acceptors (Lipinski definition) is 5. The monoisotopic (exact) mass is 394 g/mol. The van der Waals surface area contributed by atoms with E-state index >= 15 is 0 Å². The number of nitrogens with one attached hydrogen (secondary N) is 1. The standard InChI is InChI=1S/C22H19FN2O4/c1-2-28-20(26)14-7-9-15(10-8-14)24-21(27)22(11-12-22)19-13-18(29-25-19)16-5-3-4-6-17(16)23/h3-10,13H,2,11-12H2,1H3,(H,24,27). The van der Waals surface area contributed by atoms with Gasteiger partial charge >= 0.3 is 5.97 Å². The Morgan fingerprint density at radius 3 is 2.55 bits per heavy atom. The number of anilines is 1. The Morgan fingerprint density at radius 2 is 1.90 bits per heavy atom. The van der Waals surface area contributed by atoms with Crippen molar-refractivity contribution in [3.05, 3.63) is 71.7 Å². The lowest BCUT2D eigenvalue weighted by Gasteiger charge is -2.12. The highest BCUT2D eigenvalue weighted by Gasteiger charge is 2.53. The number of amides is 1. The number of halogens is 1. The van der Waals surface area contributed by atoms with E-state index in [0.717, 1.165) is 0 Å². The van der Waals surface area contributed by atoms with Crippen molar-refractivity contribution < 1.29 is 23.2 Å². The quantitative estimate of drug-likeness (QED) is 0.630. The fraction of sp³-hybridized carbons (Fsp3) is 0.227. The molecule has 148 valence electrons. The molecule has 0 radical (unpaired) electrons. The van der Waals surface area contributed by atoms with Crippen LogP contribution in [0, 0.1) is 5.82 Å². The highest BCUT2D eigenvalue weighted by molar-refractivity contribution is 6.01. The van der Waals surface area contributed by atoms with E-state index in [1.54, 1.807) is 55.5 Å². The second-order valence-corrected chi connectivity index (χ2v) is 6.89. The van der Waals surface area contributed by atoms with E-state index in [2.05, 4.69) is 10.5 Å². The number of esters is 1. The molecular weight excluding hydrogens is 375 g/mol. The van der Waals surface area contributed by atoms with Gasteiger partial charge in [0.1, 0.15) is 5.82 Å². The summed E-state index contributed by atoms with van der Waals surface area (Å²) in [6, 6.07) is 14.4. The molecular formula is C22H19FN2O4. The van der Waals surface area contributed by atoms with E-state index in [1.165, 1.54) is 6.07 Å². The van der Waals surface area contributed by atoms with E-state index in [0.29, 0.717) is 42.0 Å². The van der Waals surface area contributed by atoms with E-state index < -0.39 is 17.2 Å². The first-order valence-corrected chi connectivity index (χ1v) is 9.34. The highest BCUT2D eigenvalue weighted by Crippen LogP contribution is 2.49. The van der Waals surface area contributed by atoms with Gasteiger partial charge in [-0.2, -0.15) is 0 Å². The van der Waals surface area contributed by atoms with Crippen molar-refractivity contribution in [2.75, 3.05) is 11.9 Å². The van der Waals surface area contributed by atoms with Crippen LogP contribution in [-0.2, 0) is 14.9 Å². The summed E-state index contributed by atoms with van der Waals surface area (Å²) < 4.78 is 24.2. The summed E-state index contributed by atoms with van der Waals surface area (Å²) >= 11 is 0. The smallest absolute Gasteiger partial charge is 0.338 e. The lowest BCUT2D eigenvalue weighted by atomic mass is 10.00. The van der Waals surface area contributed by atoms with Gasteiger partial charge in [0.05, 0.1) is 28.8 Å². The van der Waals surface area contributed by atoms with Crippen molar-refractivity contribution in [3.63, 3.8) is 0 Å². The first-order valence-electron chi connectivity index (χ1n) is 9.34. The minimum absolute atomic E-state index is 0.213. The summed E-state index contributed by atoms with van der Waals surface area (Å²) in [6.07, 6.45) is 1.26. The predicted molar refractivity (Wildman–Crippen MR) is 104 cm³/mol. The van der Waals surface area contributed by atoms with Crippen molar-refractivity contribution in [3.8, 4) is 11.3 Å². The molecule has 0 aliphatic heterocycles. The maximum atomic E-state index is 14.0. The molecule has 6 nitrogen and oxygen atoms in total. The molecule has 0 spiro atoms. The van der Waals surface area contributed by atoms with E-state index in [-0.39, 0.29) is 11.7 Å². The number of carbonyl (C=O) groups is 2. The van der Waals surface area contributed by atoms with Gasteiger partial charge in [0, 0.05) is 11.8 Å². The van der Waals surface area contributed by atoms with Crippen molar-refractivity contribution in [1.29, 1.82) is 0 Å². The molecule has 2 aromatic carbocycles. The summed E-state index contributed by atoms with van der Waals surface area (Å²) in [6.45, 7) is 2.04. The summed E-state index contributed by atoms with van der Waals surface area (Å²) in [5.74, 6) is -0.746. The average molecular weight is 394 g/mol. The molecule has 1 N–H and O–H groups in total. The SMILES string of the molecule is CCOC(=O)c1ccc(NC(=O)C2(c3cc(-c4ccccc4F)on3)CC2)cc1. The van der Waals surface area contributed by atoms with Crippen LogP contribution in [0.1, 0.15) is 35.8 Å². The third-order valence-corrected chi connectivity index (χ3v) is 4.98. The third-order valence-electron chi connectivity index (χ3n) is 4.98. The van der Waals surface area contributed by atoms with Gasteiger partial charge in [0.15, 0.2) is 5.76 Å². The Labute approximate surface area is 166 Å². The second-order valence-electron chi connectivity index (χ2n) is 6.89. The third kappa shape index (κ3) is 3.63. The fourth-order valence-electron chi connectivity index (χ4n) is 3.17. The van der Waals surface area contributed by atoms with Crippen LogP contribution in [-0.4, -0.2) is 23.6 Å². The molecule has 0 saturated heterocycles. The average Bonchev–Trinajstić information content (AvgIpc) is 3.40. The second kappa shape index (κ2) is 7.50. The minimum Gasteiger partial charge on any atom is -0.462 e. The number of rotatable bonds is 6. The Morgan fingerprint density at radius 1 is 1.17 bits per heavy atom. The van der Waals surface area contributed by atoms with Gasteiger partial charge in [-0.1, -0.05) is 17.3 Å². The topological polar surface area (TPSA) is 81.4 Å². The number of benzene rings is 2. The van der Waals surface area contributed by atoms with Crippen LogP contribution >= 0.6 is 0 Å².